The van der Waals surface area contributed by atoms with Crippen molar-refractivity contribution in [3.63, 3.8) is 0 Å². The van der Waals surface area contributed by atoms with Crippen molar-refractivity contribution in [2.24, 2.45) is 0 Å². The molecule has 2 amide bonds. The molecule has 1 aromatic heterocycles. The Kier molecular flexibility index (Phi) is 5.30. The van der Waals surface area contributed by atoms with Gasteiger partial charge < -0.3 is 4.74 Å². The molecule has 168 valence electrons. The average Bonchev–Trinajstić information content (AvgIpc) is 3.47. The van der Waals surface area contributed by atoms with Crippen LogP contribution in [-0.2, 0) is 11.3 Å². The number of hydrogen-bond donors (Lipinski definition) is 0. The summed E-state index contributed by atoms with van der Waals surface area (Å²) < 4.78 is 7.18. The zero-order valence-corrected chi connectivity index (χ0v) is 18.7. The number of aromatic nitrogens is 2. The zero-order chi connectivity index (χ0) is 23.8. The van der Waals surface area contributed by atoms with Crippen molar-refractivity contribution in [1.29, 1.82) is 0 Å². The molecule has 7 nitrogen and oxygen atoms in total. The Hall–Kier alpha value is -4.52. The molecule has 0 atom stereocenters. The third-order valence-electron chi connectivity index (χ3n) is 5.80. The van der Waals surface area contributed by atoms with E-state index < -0.39 is 17.8 Å². The third-order valence-corrected chi connectivity index (χ3v) is 5.80. The van der Waals surface area contributed by atoms with Crippen LogP contribution in [0.2, 0.25) is 0 Å². The lowest BCUT2D eigenvalue weighted by Gasteiger charge is -2.17. The lowest BCUT2D eigenvalue weighted by molar-refractivity contribution is 0.0472. The van der Waals surface area contributed by atoms with Crippen molar-refractivity contribution in [2.75, 3.05) is 4.90 Å². The maximum Gasteiger partial charge on any atom is 0.338 e. The van der Waals surface area contributed by atoms with Crippen LogP contribution in [0.4, 0.5) is 5.69 Å². The molecule has 0 saturated heterocycles. The highest BCUT2D eigenvalue weighted by molar-refractivity contribution is 6.35. The van der Waals surface area contributed by atoms with Crippen molar-refractivity contribution in [3.8, 4) is 5.69 Å². The molecule has 1 aliphatic heterocycles. The molecule has 0 bridgehead atoms. The Balaban J connectivity index is 1.32. The first-order valence-corrected chi connectivity index (χ1v) is 10.8. The maximum atomic E-state index is 13.1. The number of aryl methyl sites for hydroxylation is 2. The Morgan fingerprint density at radius 2 is 1.68 bits per heavy atom. The van der Waals surface area contributed by atoms with Gasteiger partial charge in [0.15, 0.2) is 0 Å². The maximum absolute atomic E-state index is 13.1. The normalized spacial score (nSPS) is 12.7. The van der Waals surface area contributed by atoms with Gasteiger partial charge in [-0.3, -0.25) is 9.59 Å². The van der Waals surface area contributed by atoms with Gasteiger partial charge in [0.25, 0.3) is 11.8 Å². The summed E-state index contributed by atoms with van der Waals surface area (Å²) in [5.41, 5.74) is 4.72. The van der Waals surface area contributed by atoms with E-state index in [-0.39, 0.29) is 23.3 Å². The van der Waals surface area contributed by atoms with Crippen LogP contribution in [0.5, 0.6) is 0 Å². The smallest absolute Gasteiger partial charge is 0.338 e. The van der Waals surface area contributed by atoms with Crippen LogP contribution in [-0.4, -0.2) is 27.6 Å². The Morgan fingerprint density at radius 1 is 0.912 bits per heavy atom. The quantitative estimate of drug-likeness (QED) is 0.326. The first-order valence-electron chi connectivity index (χ1n) is 10.8. The van der Waals surface area contributed by atoms with Crippen molar-refractivity contribution < 1.29 is 19.1 Å². The van der Waals surface area contributed by atoms with Gasteiger partial charge in [-0.1, -0.05) is 24.3 Å². The Labute approximate surface area is 196 Å². The number of nitrogens with zero attached hydrogens (tertiary/aromatic N) is 3. The number of ether oxygens (including phenoxy) is 1. The molecule has 5 rings (SSSR count). The highest BCUT2D eigenvalue weighted by Gasteiger charge is 2.38. The van der Waals surface area contributed by atoms with Gasteiger partial charge in [0.2, 0.25) is 0 Å². The van der Waals surface area contributed by atoms with E-state index in [0.29, 0.717) is 5.69 Å². The molecule has 7 heteroatoms. The van der Waals surface area contributed by atoms with Gasteiger partial charge in [-0.15, -0.1) is 0 Å². The van der Waals surface area contributed by atoms with Crippen LogP contribution in [0.15, 0.2) is 79.1 Å². The van der Waals surface area contributed by atoms with Gasteiger partial charge in [0.1, 0.15) is 6.61 Å². The second-order valence-electron chi connectivity index (χ2n) is 8.19. The molecule has 34 heavy (non-hydrogen) atoms. The molecule has 2 heterocycles. The van der Waals surface area contributed by atoms with E-state index in [2.05, 4.69) is 5.10 Å². The van der Waals surface area contributed by atoms with Gasteiger partial charge >= 0.3 is 5.97 Å². The topological polar surface area (TPSA) is 81.5 Å². The molecule has 0 radical (unpaired) electrons. The summed E-state index contributed by atoms with van der Waals surface area (Å²) in [7, 11) is 0. The summed E-state index contributed by atoms with van der Waals surface area (Å²) in [5, 5.41) is 4.18. The summed E-state index contributed by atoms with van der Waals surface area (Å²) in [6.45, 7) is 3.83. The molecule has 1 aliphatic rings. The first-order chi connectivity index (χ1) is 16.4. The lowest BCUT2D eigenvalue weighted by atomic mass is 10.1. The minimum absolute atomic E-state index is 0.0802. The lowest BCUT2D eigenvalue weighted by Crippen LogP contribution is -2.30. The number of benzene rings is 3. The van der Waals surface area contributed by atoms with E-state index in [9.17, 15) is 14.4 Å². The summed E-state index contributed by atoms with van der Waals surface area (Å²) in [6, 6.07) is 19.4. The predicted octanol–water partition coefficient (Wildman–Crippen LogP) is 4.65. The number of anilines is 1. The number of esters is 1. The van der Waals surface area contributed by atoms with Crippen LogP contribution in [0.1, 0.15) is 47.8 Å². The van der Waals surface area contributed by atoms with Gasteiger partial charge in [0, 0.05) is 12.4 Å². The van der Waals surface area contributed by atoms with E-state index in [1.807, 2.05) is 68.6 Å². The van der Waals surface area contributed by atoms with E-state index >= 15 is 0 Å². The van der Waals surface area contributed by atoms with Crippen molar-refractivity contribution >= 4 is 23.5 Å². The minimum Gasteiger partial charge on any atom is -0.457 e. The Bertz CT molecular complexity index is 1420. The highest BCUT2D eigenvalue weighted by atomic mass is 16.5. The summed E-state index contributed by atoms with van der Waals surface area (Å²) in [5.74, 6) is -1.41. The fourth-order valence-corrected chi connectivity index (χ4v) is 3.95. The predicted molar refractivity (Wildman–Crippen MR) is 126 cm³/mol. The molecule has 0 N–H and O–H groups in total. The molecule has 4 aromatic rings. The van der Waals surface area contributed by atoms with Gasteiger partial charge in [-0.25, -0.2) is 14.4 Å². The number of carbonyl (C=O) groups is 3. The zero-order valence-electron chi connectivity index (χ0n) is 18.7. The summed E-state index contributed by atoms with van der Waals surface area (Å²) in [6.07, 6.45) is 3.54. The van der Waals surface area contributed by atoms with E-state index in [1.54, 1.807) is 10.9 Å². The highest BCUT2D eigenvalue weighted by Crippen LogP contribution is 2.32. The first kappa shape index (κ1) is 21.3. The van der Waals surface area contributed by atoms with Crippen LogP contribution >= 0.6 is 0 Å². The van der Waals surface area contributed by atoms with Crippen LogP contribution in [0.25, 0.3) is 5.69 Å². The summed E-state index contributed by atoms with van der Waals surface area (Å²) in [4.78, 5) is 39.9. The second kappa shape index (κ2) is 8.44. The summed E-state index contributed by atoms with van der Waals surface area (Å²) >= 11 is 0. The molecule has 0 spiro atoms. The number of imide groups is 1. The van der Waals surface area contributed by atoms with Crippen molar-refractivity contribution in [3.05, 3.63) is 113 Å². The molecule has 0 aliphatic carbocycles. The largest absolute Gasteiger partial charge is 0.457 e. The number of rotatable bonds is 5. The van der Waals surface area contributed by atoms with Crippen LogP contribution in [0.3, 0.4) is 0 Å². The van der Waals surface area contributed by atoms with E-state index in [0.717, 1.165) is 22.4 Å². The van der Waals surface area contributed by atoms with E-state index in [1.165, 1.54) is 23.1 Å². The van der Waals surface area contributed by atoms with Crippen LogP contribution in [0, 0.1) is 13.8 Å². The monoisotopic (exact) mass is 451 g/mol. The molecule has 0 fully saturated rings. The van der Waals surface area contributed by atoms with Crippen molar-refractivity contribution in [2.45, 2.75) is 20.5 Å². The molecule has 0 unspecified atom stereocenters. The molecular weight excluding hydrogens is 430 g/mol. The number of amides is 2. The van der Waals surface area contributed by atoms with E-state index in [4.69, 9.17) is 4.74 Å². The molecule has 3 aromatic carbocycles. The number of carbonyl (C=O) groups excluding carboxylic acids is 3. The third kappa shape index (κ3) is 3.77. The SMILES string of the molecule is Cc1ccc(C)c(N2C(=O)c3ccc(C(=O)OCc4ccc(-n5cccn5)cc4)cc3C2=O)c1. The number of fused-ring (bicyclic) bond motifs is 1. The standard InChI is InChI=1S/C27H21N3O4/c1-17-4-5-18(2)24(14-17)30-25(31)22-11-8-20(15-23(22)26(30)32)27(33)34-16-19-6-9-21(10-7-19)29-13-3-12-28-29/h3-15H,16H2,1-2H3. The van der Waals surface area contributed by atoms with Crippen LogP contribution < -0.4 is 4.90 Å². The Morgan fingerprint density at radius 3 is 2.41 bits per heavy atom. The fraction of sp³-hybridized carbons (Fsp3) is 0.111. The fourth-order valence-electron chi connectivity index (χ4n) is 3.95. The second-order valence-corrected chi connectivity index (χ2v) is 8.19. The van der Waals surface area contributed by atoms with Crippen molar-refractivity contribution in [1.82, 2.24) is 9.78 Å². The van der Waals surface area contributed by atoms with Gasteiger partial charge in [-0.2, -0.15) is 5.10 Å². The average molecular weight is 451 g/mol. The minimum atomic E-state index is -0.565. The molecular formula is C27H21N3O4. The number of hydrogen-bond acceptors (Lipinski definition) is 5. The van der Waals surface area contributed by atoms with Gasteiger partial charge in [-0.05, 0) is 73.0 Å². The van der Waals surface area contributed by atoms with Gasteiger partial charge in [0.05, 0.1) is 28.1 Å². The molecule has 0 saturated carbocycles.